The molecular weight excluding hydrogens is 442 g/mol. The van der Waals surface area contributed by atoms with Crippen molar-refractivity contribution in [3.8, 4) is 0 Å². The molecule has 1 unspecified atom stereocenters. The zero-order valence-electron chi connectivity index (χ0n) is 18.7. The van der Waals surface area contributed by atoms with Crippen LogP contribution in [0.25, 0.3) is 11.1 Å². The third-order valence-corrected chi connectivity index (χ3v) is 8.81. The summed E-state index contributed by atoms with van der Waals surface area (Å²) in [5.74, 6) is -0.267. The molecule has 1 fully saturated rings. The lowest BCUT2D eigenvalue weighted by atomic mass is 9.94. The molecule has 0 bridgehead atoms. The van der Waals surface area contributed by atoms with E-state index in [0.717, 1.165) is 12.1 Å². The van der Waals surface area contributed by atoms with E-state index in [0.29, 0.717) is 37.9 Å². The van der Waals surface area contributed by atoms with Crippen LogP contribution in [0, 0.1) is 5.92 Å². The van der Waals surface area contributed by atoms with Crippen molar-refractivity contribution >= 4 is 32.7 Å². The number of sulfonamides is 1. The van der Waals surface area contributed by atoms with Crippen molar-refractivity contribution in [2.75, 3.05) is 18.0 Å². The maximum Gasteiger partial charge on any atom is 0.419 e. The predicted octanol–water partition coefficient (Wildman–Crippen LogP) is 2.90. The number of aryl methyl sites for hydroxylation is 1. The van der Waals surface area contributed by atoms with Gasteiger partial charge in [0.05, 0.1) is 10.4 Å². The second-order valence-corrected chi connectivity index (χ2v) is 11.0. The monoisotopic (exact) mass is 469 g/mol. The fraction of sp³-hybridized carbons (Fsp3) is 0.417. The van der Waals surface area contributed by atoms with Crippen LogP contribution in [-0.4, -0.2) is 42.3 Å². The van der Waals surface area contributed by atoms with Gasteiger partial charge in [0.25, 0.3) is 0 Å². The molecular formula is C24H27N3O5S. The lowest BCUT2D eigenvalue weighted by molar-refractivity contribution is -0.120. The number of fused-ring (bicyclic) bond motifs is 2. The van der Waals surface area contributed by atoms with Gasteiger partial charge in [0.2, 0.25) is 15.9 Å². The number of para-hydroxylation sites is 1. The smallest absolute Gasteiger partial charge is 0.408 e. The Labute approximate surface area is 192 Å². The van der Waals surface area contributed by atoms with Gasteiger partial charge in [0, 0.05) is 44.4 Å². The minimum absolute atomic E-state index is 0.110. The van der Waals surface area contributed by atoms with E-state index in [2.05, 4.69) is 13.0 Å². The summed E-state index contributed by atoms with van der Waals surface area (Å²) in [5.41, 5.74) is 3.00. The number of oxazole rings is 1. The van der Waals surface area contributed by atoms with Crippen molar-refractivity contribution in [1.82, 2.24) is 8.87 Å². The summed E-state index contributed by atoms with van der Waals surface area (Å²) >= 11 is 0. The van der Waals surface area contributed by atoms with E-state index in [1.807, 2.05) is 23.1 Å². The Hall–Kier alpha value is -2.91. The normalized spacial score (nSPS) is 19.8. The summed E-state index contributed by atoms with van der Waals surface area (Å²) in [4.78, 5) is 26.8. The first kappa shape index (κ1) is 21.9. The van der Waals surface area contributed by atoms with Crippen LogP contribution < -0.4 is 10.7 Å². The topological polar surface area (TPSA) is 92.8 Å². The van der Waals surface area contributed by atoms with Crippen molar-refractivity contribution in [2.24, 2.45) is 13.0 Å². The lowest BCUT2D eigenvalue weighted by Gasteiger charge is -2.32. The van der Waals surface area contributed by atoms with Gasteiger partial charge in [-0.1, -0.05) is 18.2 Å². The molecule has 0 spiro atoms. The molecule has 3 aromatic rings. The molecule has 5 rings (SSSR count). The fourth-order valence-electron chi connectivity index (χ4n) is 5.07. The van der Waals surface area contributed by atoms with Gasteiger partial charge in [-0.05, 0) is 55.9 Å². The molecule has 3 heterocycles. The zero-order valence-corrected chi connectivity index (χ0v) is 19.5. The first-order chi connectivity index (χ1) is 15.8. The predicted molar refractivity (Wildman–Crippen MR) is 125 cm³/mol. The fourth-order valence-corrected chi connectivity index (χ4v) is 6.55. The Morgan fingerprint density at radius 1 is 1.12 bits per heavy atom. The molecule has 9 heteroatoms. The van der Waals surface area contributed by atoms with Crippen molar-refractivity contribution < 1.29 is 17.6 Å². The summed E-state index contributed by atoms with van der Waals surface area (Å²) in [6.07, 6.45) is 2.56. The van der Waals surface area contributed by atoms with Crippen LogP contribution in [0.5, 0.6) is 0 Å². The van der Waals surface area contributed by atoms with Crippen LogP contribution in [0.3, 0.4) is 0 Å². The number of hydrogen-bond donors (Lipinski definition) is 0. The maximum absolute atomic E-state index is 13.2. The van der Waals surface area contributed by atoms with E-state index in [1.165, 1.54) is 26.6 Å². The SMILES string of the molecule is CC1Cc2ccccc2N1C(=O)CC1CCN(S(=O)(=O)c2ccc3c(c2)oc(=O)n3C)CC1. The van der Waals surface area contributed by atoms with Crippen LogP contribution in [0.4, 0.5) is 5.69 Å². The van der Waals surface area contributed by atoms with Crippen LogP contribution in [-0.2, 0) is 28.3 Å². The minimum Gasteiger partial charge on any atom is -0.408 e. The van der Waals surface area contributed by atoms with Gasteiger partial charge in [-0.2, -0.15) is 4.31 Å². The number of benzene rings is 2. The molecule has 33 heavy (non-hydrogen) atoms. The number of carbonyl (C=O) groups excluding carboxylic acids is 1. The summed E-state index contributed by atoms with van der Waals surface area (Å²) in [7, 11) is -2.13. The van der Waals surface area contributed by atoms with Gasteiger partial charge in [0.1, 0.15) is 0 Å². The molecule has 174 valence electrons. The van der Waals surface area contributed by atoms with E-state index < -0.39 is 15.8 Å². The first-order valence-corrected chi connectivity index (χ1v) is 12.7. The average Bonchev–Trinajstić information content (AvgIpc) is 3.28. The first-order valence-electron chi connectivity index (χ1n) is 11.3. The third kappa shape index (κ3) is 3.79. The largest absolute Gasteiger partial charge is 0.419 e. The molecule has 1 aromatic heterocycles. The summed E-state index contributed by atoms with van der Waals surface area (Å²) in [5, 5.41) is 0. The molecule has 0 saturated carbocycles. The lowest BCUT2D eigenvalue weighted by Crippen LogP contribution is -2.41. The number of anilines is 1. The molecule has 1 saturated heterocycles. The molecule has 1 amide bonds. The highest BCUT2D eigenvalue weighted by Crippen LogP contribution is 2.34. The van der Waals surface area contributed by atoms with Crippen molar-refractivity contribution in [3.63, 3.8) is 0 Å². The molecule has 2 aliphatic rings. The number of hydrogen-bond acceptors (Lipinski definition) is 5. The van der Waals surface area contributed by atoms with Crippen molar-refractivity contribution in [3.05, 3.63) is 58.6 Å². The second-order valence-electron chi connectivity index (χ2n) is 9.05. The van der Waals surface area contributed by atoms with Gasteiger partial charge in [-0.25, -0.2) is 13.2 Å². The number of nitrogens with zero attached hydrogens (tertiary/aromatic N) is 3. The number of aromatic nitrogens is 1. The Bertz CT molecular complexity index is 1380. The molecule has 8 nitrogen and oxygen atoms in total. The second kappa shape index (κ2) is 8.14. The van der Waals surface area contributed by atoms with Crippen LogP contribution >= 0.6 is 0 Å². The highest BCUT2D eigenvalue weighted by atomic mass is 32.2. The van der Waals surface area contributed by atoms with E-state index in [1.54, 1.807) is 13.1 Å². The summed E-state index contributed by atoms with van der Waals surface area (Å²) < 4.78 is 34.3. The standard InChI is InChI=1S/C24H27N3O5S/c1-16-13-18-5-3-4-6-20(18)27(16)23(28)14-17-9-11-26(12-10-17)33(30,31)19-7-8-21-22(15-19)32-24(29)25(21)2/h3-8,15-17H,9-14H2,1-2H3. The minimum atomic E-state index is -3.71. The Kier molecular flexibility index (Phi) is 5.41. The van der Waals surface area contributed by atoms with E-state index in [4.69, 9.17) is 4.42 Å². The summed E-state index contributed by atoms with van der Waals surface area (Å²) in [6.45, 7) is 2.80. The third-order valence-electron chi connectivity index (χ3n) is 6.91. The van der Waals surface area contributed by atoms with Gasteiger partial charge >= 0.3 is 5.76 Å². The highest BCUT2D eigenvalue weighted by Gasteiger charge is 2.34. The average molecular weight is 470 g/mol. The van der Waals surface area contributed by atoms with Crippen molar-refractivity contribution in [1.29, 1.82) is 0 Å². The van der Waals surface area contributed by atoms with Crippen LogP contribution in [0.2, 0.25) is 0 Å². The van der Waals surface area contributed by atoms with E-state index in [-0.39, 0.29) is 28.3 Å². The molecule has 2 aliphatic heterocycles. The number of carbonyl (C=O) groups is 1. The van der Waals surface area contributed by atoms with E-state index in [9.17, 15) is 18.0 Å². The molecule has 0 radical (unpaired) electrons. The quantitative estimate of drug-likeness (QED) is 0.586. The van der Waals surface area contributed by atoms with Gasteiger partial charge in [-0.3, -0.25) is 9.36 Å². The highest BCUT2D eigenvalue weighted by molar-refractivity contribution is 7.89. The molecule has 1 atom stereocenters. The van der Waals surface area contributed by atoms with Gasteiger partial charge in [-0.15, -0.1) is 0 Å². The van der Waals surface area contributed by atoms with Crippen molar-refractivity contribution in [2.45, 2.75) is 43.5 Å². The van der Waals surface area contributed by atoms with Crippen LogP contribution in [0.15, 0.2) is 56.6 Å². The summed E-state index contributed by atoms with van der Waals surface area (Å²) in [6, 6.07) is 12.7. The molecule has 0 N–H and O–H groups in total. The molecule has 0 aliphatic carbocycles. The zero-order chi connectivity index (χ0) is 23.3. The maximum atomic E-state index is 13.2. The number of piperidine rings is 1. The number of amides is 1. The van der Waals surface area contributed by atoms with Gasteiger partial charge < -0.3 is 9.32 Å². The Morgan fingerprint density at radius 2 is 1.85 bits per heavy atom. The van der Waals surface area contributed by atoms with Gasteiger partial charge in [0.15, 0.2) is 5.58 Å². The van der Waals surface area contributed by atoms with Crippen LogP contribution in [0.1, 0.15) is 31.7 Å². The Morgan fingerprint density at radius 3 is 2.61 bits per heavy atom. The molecule has 2 aromatic carbocycles. The van der Waals surface area contributed by atoms with E-state index >= 15 is 0 Å². The Balaban J connectivity index is 1.25. The number of rotatable bonds is 4.